The first-order chi connectivity index (χ1) is 14.6. The molecule has 7 nitrogen and oxygen atoms in total. The van der Waals surface area contributed by atoms with Crippen LogP contribution in [0.25, 0.3) is 11.3 Å². The monoisotopic (exact) mass is 403 g/mol. The molecule has 30 heavy (non-hydrogen) atoms. The normalized spacial score (nSPS) is 13.7. The maximum Gasteiger partial charge on any atom is 0.323 e. The second kappa shape index (κ2) is 8.92. The Morgan fingerprint density at radius 3 is 2.57 bits per heavy atom. The molecule has 2 heterocycles. The highest BCUT2D eigenvalue weighted by Gasteiger charge is 2.13. The summed E-state index contributed by atoms with van der Waals surface area (Å²) in [6.07, 6.45) is 0. The Kier molecular flexibility index (Phi) is 5.90. The summed E-state index contributed by atoms with van der Waals surface area (Å²) in [5.41, 5.74) is 5.24. The minimum Gasteiger partial charge on any atom is -0.378 e. The maximum absolute atomic E-state index is 12.4. The molecule has 0 atom stereocenters. The molecule has 0 spiro atoms. The molecule has 0 unspecified atom stereocenters. The van der Waals surface area contributed by atoms with Gasteiger partial charge in [0.25, 0.3) is 0 Å². The first-order valence-electron chi connectivity index (χ1n) is 10.0. The van der Waals surface area contributed by atoms with E-state index in [2.05, 4.69) is 25.7 Å². The number of rotatable bonds is 4. The molecule has 0 aliphatic carbocycles. The van der Waals surface area contributed by atoms with Gasteiger partial charge in [0.1, 0.15) is 0 Å². The number of carbonyl (C=O) groups excluding carboxylic acids is 1. The third-order valence-corrected chi connectivity index (χ3v) is 5.04. The summed E-state index contributed by atoms with van der Waals surface area (Å²) in [6, 6.07) is 17.2. The van der Waals surface area contributed by atoms with Crippen molar-refractivity contribution in [2.75, 3.05) is 41.8 Å². The molecule has 1 aliphatic rings. The zero-order valence-electron chi connectivity index (χ0n) is 17.2. The number of hydrogen-bond donors (Lipinski definition) is 2. The summed E-state index contributed by atoms with van der Waals surface area (Å²) < 4.78 is 5.38. The predicted molar refractivity (Wildman–Crippen MR) is 119 cm³/mol. The Balaban J connectivity index is 1.44. The SMILES string of the molecule is Cc1ccc(C)c(NC(=O)Nc2cccc(-c3ccc(N4CCOCC4)nn3)c2)c1. The number of ether oxygens (including phenoxy) is 1. The van der Waals surface area contributed by atoms with Crippen LogP contribution in [0, 0.1) is 13.8 Å². The Morgan fingerprint density at radius 1 is 0.967 bits per heavy atom. The second-order valence-electron chi connectivity index (χ2n) is 7.35. The molecule has 154 valence electrons. The van der Waals surface area contributed by atoms with E-state index in [4.69, 9.17) is 4.74 Å². The summed E-state index contributed by atoms with van der Waals surface area (Å²) in [5.74, 6) is 0.851. The van der Waals surface area contributed by atoms with E-state index in [1.54, 1.807) is 0 Å². The van der Waals surface area contributed by atoms with Crippen LogP contribution in [0.2, 0.25) is 0 Å². The van der Waals surface area contributed by atoms with Crippen molar-refractivity contribution in [2.45, 2.75) is 13.8 Å². The molecule has 2 aromatic carbocycles. The average Bonchev–Trinajstić information content (AvgIpc) is 2.77. The summed E-state index contributed by atoms with van der Waals surface area (Å²) in [7, 11) is 0. The molecule has 1 aromatic heterocycles. The number of carbonyl (C=O) groups is 1. The maximum atomic E-state index is 12.4. The summed E-state index contributed by atoms with van der Waals surface area (Å²) in [4.78, 5) is 14.6. The molecule has 0 radical (unpaired) electrons. The van der Waals surface area contributed by atoms with E-state index >= 15 is 0 Å². The van der Waals surface area contributed by atoms with Gasteiger partial charge in [-0.05, 0) is 55.3 Å². The minimum atomic E-state index is -0.283. The van der Waals surface area contributed by atoms with Crippen molar-refractivity contribution < 1.29 is 9.53 Å². The number of nitrogens with one attached hydrogen (secondary N) is 2. The second-order valence-corrected chi connectivity index (χ2v) is 7.35. The van der Waals surface area contributed by atoms with E-state index in [0.29, 0.717) is 18.9 Å². The van der Waals surface area contributed by atoms with Crippen LogP contribution in [0.4, 0.5) is 22.0 Å². The van der Waals surface area contributed by atoms with Crippen molar-refractivity contribution in [3.8, 4) is 11.3 Å². The van der Waals surface area contributed by atoms with Crippen molar-refractivity contribution in [1.29, 1.82) is 0 Å². The van der Waals surface area contributed by atoms with Crippen LogP contribution in [-0.2, 0) is 4.74 Å². The van der Waals surface area contributed by atoms with Crippen LogP contribution in [0.5, 0.6) is 0 Å². The quantitative estimate of drug-likeness (QED) is 0.681. The lowest BCUT2D eigenvalue weighted by Crippen LogP contribution is -2.36. The Bertz CT molecular complexity index is 1030. The molecule has 2 amide bonds. The number of amides is 2. The van der Waals surface area contributed by atoms with E-state index in [1.807, 2.05) is 68.4 Å². The molecule has 1 fully saturated rings. The van der Waals surface area contributed by atoms with Gasteiger partial charge in [0.15, 0.2) is 5.82 Å². The van der Waals surface area contributed by atoms with Gasteiger partial charge in [-0.25, -0.2) is 4.79 Å². The average molecular weight is 403 g/mol. The first-order valence-corrected chi connectivity index (χ1v) is 10.0. The van der Waals surface area contributed by atoms with Crippen molar-refractivity contribution in [1.82, 2.24) is 10.2 Å². The van der Waals surface area contributed by atoms with Crippen molar-refractivity contribution in [2.24, 2.45) is 0 Å². The van der Waals surface area contributed by atoms with Gasteiger partial charge in [0.05, 0.1) is 18.9 Å². The molecule has 4 rings (SSSR count). The van der Waals surface area contributed by atoms with Gasteiger partial charge in [0.2, 0.25) is 0 Å². The number of nitrogens with zero attached hydrogens (tertiary/aromatic N) is 3. The van der Waals surface area contributed by atoms with Crippen LogP contribution in [0.1, 0.15) is 11.1 Å². The summed E-state index contributed by atoms with van der Waals surface area (Å²) in [6.45, 7) is 7.03. The number of aromatic nitrogens is 2. The highest BCUT2D eigenvalue weighted by Crippen LogP contribution is 2.23. The Morgan fingerprint density at radius 2 is 1.80 bits per heavy atom. The van der Waals surface area contributed by atoms with Crippen LogP contribution in [0.15, 0.2) is 54.6 Å². The molecule has 1 saturated heterocycles. The van der Waals surface area contributed by atoms with Crippen molar-refractivity contribution in [3.05, 3.63) is 65.7 Å². The predicted octanol–water partition coefficient (Wildman–Crippen LogP) is 4.24. The third kappa shape index (κ3) is 4.75. The molecule has 2 N–H and O–H groups in total. The van der Waals surface area contributed by atoms with Crippen LogP contribution in [0.3, 0.4) is 0 Å². The van der Waals surface area contributed by atoms with E-state index < -0.39 is 0 Å². The molecule has 3 aromatic rings. The van der Waals surface area contributed by atoms with E-state index in [1.165, 1.54) is 0 Å². The number of morpholine rings is 1. The van der Waals surface area contributed by atoms with Crippen molar-refractivity contribution in [3.63, 3.8) is 0 Å². The van der Waals surface area contributed by atoms with Gasteiger partial charge in [-0.15, -0.1) is 10.2 Å². The lowest BCUT2D eigenvalue weighted by Gasteiger charge is -2.27. The minimum absolute atomic E-state index is 0.283. The topological polar surface area (TPSA) is 79.4 Å². The largest absolute Gasteiger partial charge is 0.378 e. The number of hydrogen-bond acceptors (Lipinski definition) is 5. The molecule has 0 saturated carbocycles. The molecule has 7 heteroatoms. The number of benzene rings is 2. The summed E-state index contributed by atoms with van der Waals surface area (Å²) >= 11 is 0. The van der Waals surface area contributed by atoms with Gasteiger partial charge in [-0.2, -0.15) is 0 Å². The van der Waals surface area contributed by atoms with E-state index in [-0.39, 0.29) is 6.03 Å². The van der Waals surface area contributed by atoms with Crippen LogP contribution in [-0.4, -0.2) is 42.5 Å². The standard InChI is InChI=1S/C23H25N5O2/c1-16-6-7-17(2)21(14-16)25-23(29)24-19-5-3-4-18(15-19)20-8-9-22(27-26-20)28-10-12-30-13-11-28/h3-9,14-15H,10-13H2,1-2H3,(H2,24,25,29). The van der Waals surface area contributed by atoms with Gasteiger partial charge < -0.3 is 20.3 Å². The fraction of sp³-hybridized carbons (Fsp3) is 0.261. The molecule has 1 aliphatic heterocycles. The number of anilines is 3. The molecule has 0 bridgehead atoms. The zero-order chi connectivity index (χ0) is 20.9. The fourth-order valence-electron chi connectivity index (χ4n) is 3.35. The van der Waals surface area contributed by atoms with Crippen LogP contribution < -0.4 is 15.5 Å². The van der Waals surface area contributed by atoms with Gasteiger partial charge in [-0.1, -0.05) is 24.3 Å². The van der Waals surface area contributed by atoms with Crippen molar-refractivity contribution >= 4 is 23.2 Å². The lowest BCUT2D eigenvalue weighted by molar-refractivity contribution is 0.122. The first kappa shape index (κ1) is 19.8. The van der Waals surface area contributed by atoms with Crippen LogP contribution >= 0.6 is 0 Å². The smallest absolute Gasteiger partial charge is 0.323 e. The fourth-order valence-corrected chi connectivity index (χ4v) is 3.35. The van der Waals surface area contributed by atoms with Gasteiger partial charge in [-0.3, -0.25) is 0 Å². The summed E-state index contributed by atoms with van der Waals surface area (Å²) in [5, 5.41) is 14.5. The van der Waals surface area contributed by atoms with E-state index in [0.717, 1.165) is 47.0 Å². The highest BCUT2D eigenvalue weighted by atomic mass is 16.5. The Labute approximate surface area is 176 Å². The molecular formula is C23H25N5O2. The number of urea groups is 1. The van der Waals surface area contributed by atoms with Gasteiger partial charge >= 0.3 is 6.03 Å². The van der Waals surface area contributed by atoms with Gasteiger partial charge in [0, 0.05) is 30.0 Å². The lowest BCUT2D eigenvalue weighted by atomic mass is 10.1. The zero-order valence-corrected chi connectivity index (χ0v) is 17.2. The number of aryl methyl sites for hydroxylation is 2. The third-order valence-electron chi connectivity index (χ3n) is 5.04. The Hall–Kier alpha value is -3.45. The molecular weight excluding hydrogens is 378 g/mol. The van der Waals surface area contributed by atoms with E-state index in [9.17, 15) is 4.79 Å². The highest BCUT2D eigenvalue weighted by molar-refractivity contribution is 6.00.